The third-order valence-electron chi connectivity index (χ3n) is 1.65. The quantitative estimate of drug-likeness (QED) is 0.442. The van der Waals surface area contributed by atoms with Crippen LogP contribution in [0.15, 0.2) is 12.1 Å². The number of aryl methyl sites for hydroxylation is 2. The van der Waals surface area contributed by atoms with E-state index in [1.54, 1.807) is 0 Å². The summed E-state index contributed by atoms with van der Waals surface area (Å²) in [5.41, 5.74) is 8.98. The molecule has 1 atom stereocenters. The molecule has 54 valence electrons. The van der Waals surface area contributed by atoms with Crippen LogP contribution in [0.5, 0.6) is 0 Å². The molecule has 0 fully saturated rings. The molecule has 0 saturated carbocycles. The summed E-state index contributed by atoms with van der Waals surface area (Å²) in [4.78, 5) is 0. The summed E-state index contributed by atoms with van der Waals surface area (Å²) in [6, 6.07) is 4.08. The monoisotopic (exact) mass is 153 g/mol. The molecule has 0 aliphatic rings. The minimum atomic E-state index is 0.871. The molecule has 10 heavy (non-hydrogen) atoms. The van der Waals surface area contributed by atoms with Crippen LogP contribution in [0.1, 0.15) is 11.1 Å². The number of hydrogen-bond acceptors (Lipinski definition) is 1. The molecule has 2 heteroatoms. The van der Waals surface area contributed by atoms with E-state index in [1.165, 1.54) is 10.9 Å². The number of nitrogen functional groups attached to an aromatic ring is 1. The van der Waals surface area contributed by atoms with E-state index in [2.05, 4.69) is 22.2 Å². The number of benzene rings is 1. The summed E-state index contributed by atoms with van der Waals surface area (Å²) in [5.74, 6) is 0. The van der Waals surface area contributed by atoms with Crippen LogP contribution in [0.2, 0.25) is 0 Å². The molecule has 1 nitrogen and oxygen atoms in total. The molecule has 0 radical (unpaired) electrons. The number of hydrogen-bond donors (Lipinski definition) is 1. The van der Waals surface area contributed by atoms with E-state index in [0.717, 1.165) is 11.3 Å². The molecule has 1 aromatic carbocycles. The highest BCUT2D eigenvalue weighted by Crippen LogP contribution is 2.11. The maximum atomic E-state index is 5.68. The molecule has 0 heterocycles. The molecule has 1 aromatic rings. The van der Waals surface area contributed by atoms with E-state index in [4.69, 9.17) is 5.73 Å². The summed E-state index contributed by atoms with van der Waals surface area (Å²) in [6.45, 7) is 4.10. The van der Waals surface area contributed by atoms with Gasteiger partial charge in [0.05, 0.1) is 0 Å². The maximum Gasteiger partial charge on any atom is 0.0350 e. The van der Waals surface area contributed by atoms with Gasteiger partial charge in [-0.05, 0) is 36.3 Å². The first kappa shape index (κ1) is 7.56. The zero-order valence-electron chi connectivity index (χ0n) is 6.31. The minimum Gasteiger partial charge on any atom is -0.398 e. The Morgan fingerprint density at radius 1 is 1.20 bits per heavy atom. The molecule has 0 amide bonds. The Kier molecular flexibility index (Phi) is 1.96. The largest absolute Gasteiger partial charge is 0.398 e. The van der Waals surface area contributed by atoms with E-state index in [1.807, 2.05) is 13.0 Å². The fourth-order valence-electron chi connectivity index (χ4n) is 0.887. The number of rotatable bonds is 0. The molecule has 1 rings (SSSR count). The van der Waals surface area contributed by atoms with Gasteiger partial charge in [-0.25, -0.2) is 0 Å². The second-order valence-corrected chi connectivity index (χ2v) is 3.19. The van der Waals surface area contributed by atoms with Gasteiger partial charge in [-0.15, -0.1) is 9.24 Å². The van der Waals surface area contributed by atoms with Crippen molar-refractivity contribution in [2.24, 2.45) is 0 Å². The van der Waals surface area contributed by atoms with Crippen LogP contribution >= 0.6 is 9.24 Å². The molecule has 1 unspecified atom stereocenters. The van der Waals surface area contributed by atoms with E-state index in [9.17, 15) is 0 Å². The van der Waals surface area contributed by atoms with E-state index in [-0.39, 0.29) is 0 Å². The molecule has 2 N–H and O–H groups in total. The van der Waals surface area contributed by atoms with Crippen LogP contribution in [0.3, 0.4) is 0 Å². The van der Waals surface area contributed by atoms with Gasteiger partial charge in [-0.2, -0.15) is 0 Å². The lowest BCUT2D eigenvalue weighted by Crippen LogP contribution is -2.01. The second kappa shape index (κ2) is 2.59. The summed E-state index contributed by atoms with van der Waals surface area (Å²) in [7, 11) is 2.66. The lowest BCUT2D eigenvalue weighted by molar-refractivity contribution is 1.42. The molecular weight excluding hydrogens is 141 g/mol. The first-order chi connectivity index (χ1) is 4.61. The Morgan fingerprint density at radius 2 is 1.80 bits per heavy atom. The van der Waals surface area contributed by atoms with Crippen LogP contribution in [0.25, 0.3) is 0 Å². The summed E-state index contributed by atoms with van der Waals surface area (Å²) in [5, 5.41) is 1.18. The Bertz CT molecular complexity index is 205. The summed E-state index contributed by atoms with van der Waals surface area (Å²) < 4.78 is 0. The van der Waals surface area contributed by atoms with Crippen LogP contribution in [-0.4, -0.2) is 0 Å². The van der Waals surface area contributed by atoms with Gasteiger partial charge in [0, 0.05) is 5.69 Å². The van der Waals surface area contributed by atoms with Crippen LogP contribution in [-0.2, 0) is 0 Å². The van der Waals surface area contributed by atoms with Crippen molar-refractivity contribution in [1.29, 1.82) is 0 Å². The first-order valence-corrected chi connectivity index (χ1v) is 3.81. The van der Waals surface area contributed by atoms with Gasteiger partial charge >= 0.3 is 0 Å². The van der Waals surface area contributed by atoms with Crippen molar-refractivity contribution in [2.75, 3.05) is 5.73 Å². The fraction of sp³-hybridized carbons (Fsp3) is 0.250. The topological polar surface area (TPSA) is 26.0 Å². The van der Waals surface area contributed by atoms with Gasteiger partial charge in [0.1, 0.15) is 0 Å². The average Bonchev–Trinajstić information content (AvgIpc) is 1.84. The molecule has 0 bridgehead atoms. The van der Waals surface area contributed by atoms with Crippen molar-refractivity contribution in [1.82, 2.24) is 0 Å². The summed E-state index contributed by atoms with van der Waals surface area (Å²) >= 11 is 0. The standard InChI is InChI=1S/C8H12NP/c1-5-3-6(2)8(10)4-7(5)9/h3-4H,9-10H2,1-2H3. The molecule has 0 aliphatic heterocycles. The number of nitrogens with two attached hydrogens (primary N) is 1. The first-order valence-electron chi connectivity index (χ1n) is 3.23. The lowest BCUT2D eigenvalue weighted by Gasteiger charge is -2.03. The molecule has 0 spiro atoms. The third kappa shape index (κ3) is 1.30. The predicted molar refractivity (Wildman–Crippen MR) is 49.7 cm³/mol. The van der Waals surface area contributed by atoms with Gasteiger partial charge in [-0.3, -0.25) is 0 Å². The Labute approximate surface area is 63.8 Å². The Balaban J connectivity index is 3.28. The van der Waals surface area contributed by atoms with E-state index in [0.29, 0.717) is 0 Å². The fourth-order valence-corrected chi connectivity index (χ4v) is 1.15. The molecule has 0 aromatic heterocycles. The van der Waals surface area contributed by atoms with Crippen molar-refractivity contribution in [3.05, 3.63) is 23.3 Å². The van der Waals surface area contributed by atoms with Crippen molar-refractivity contribution >= 4 is 20.2 Å². The van der Waals surface area contributed by atoms with Crippen molar-refractivity contribution in [2.45, 2.75) is 13.8 Å². The highest BCUT2D eigenvalue weighted by atomic mass is 31.0. The zero-order chi connectivity index (χ0) is 7.72. The van der Waals surface area contributed by atoms with Gasteiger partial charge in [0.15, 0.2) is 0 Å². The van der Waals surface area contributed by atoms with Gasteiger partial charge in [0.25, 0.3) is 0 Å². The van der Waals surface area contributed by atoms with Gasteiger partial charge in [0.2, 0.25) is 0 Å². The molecule has 0 aliphatic carbocycles. The second-order valence-electron chi connectivity index (χ2n) is 2.57. The highest BCUT2D eigenvalue weighted by Gasteiger charge is 1.96. The Hall–Kier alpha value is -0.550. The highest BCUT2D eigenvalue weighted by molar-refractivity contribution is 7.27. The van der Waals surface area contributed by atoms with Gasteiger partial charge < -0.3 is 5.73 Å². The van der Waals surface area contributed by atoms with Crippen molar-refractivity contribution < 1.29 is 0 Å². The maximum absolute atomic E-state index is 5.68. The minimum absolute atomic E-state index is 0.871. The normalized spacial score (nSPS) is 9.90. The van der Waals surface area contributed by atoms with Crippen LogP contribution in [0, 0.1) is 13.8 Å². The Morgan fingerprint density at radius 3 is 2.30 bits per heavy atom. The predicted octanol–water partition coefficient (Wildman–Crippen LogP) is 1.39. The lowest BCUT2D eigenvalue weighted by atomic mass is 10.1. The molecule has 0 saturated heterocycles. The number of anilines is 1. The SMILES string of the molecule is Cc1cc(C)c(P)cc1N. The third-order valence-corrected chi connectivity index (χ3v) is 2.28. The van der Waals surface area contributed by atoms with Crippen LogP contribution in [0.4, 0.5) is 5.69 Å². The van der Waals surface area contributed by atoms with Gasteiger partial charge in [-0.1, -0.05) is 6.07 Å². The van der Waals surface area contributed by atoms with E-state index < -0.39 is 0 Å². The molecular formula is C8H12NP. The van der Waals surface area contributed by atoms with E-state index >= 15 is 0 Å². The zero-order valence-corrected chi connectivity index (χ0v) is 7.46. The summed E-state index contributed by atoms with van der Waals surface area (Å²) in [6.07, 6.45) is 0. The van der Waals surface area contributed by atoms with Crippen molar-refractivity contribution in [3.8, 4) is 0 Å². The van der Waals surface area contributed by atoms with Crippen molar-refractivity contribution in [3.63, 3.8) is 0 Å². The smallest absolute Gasteiger partial charge is 0.0350 e. The van der Waals surface area contributed by atoms with Crippen LogP contribution < -0.4 is 11.0 Å². The average molecular weight is 153 g/mol.